The molecule has 1 amide bonds. The predicted octanol–water partition coefficient (Wildman–Crippen LogP) is 5.29. The van der Waals surface area contributed by atoms with Crippen molar-refractivity contribution in [1.29, 1.82) is 0 Å². The Morgan fingerprint density at radius 2 is 1.89 bits per heavy atom. The van der Waals surface area contributed by atoms with E-state index in [1.165, 1.54) is 16.3 Å². The molecule has 3 aromatic rings. The summed E-state index contributed by atoms with van der Waals surface area (Å²) in [5.74, 6) is 1.03. The van der Waals surface area contributed by atoms with Crippen LogP contribution in [-0.2, 0) is 4.79 Å². The molecule has 0 radical (unpaired) electrons. The summed E-state index contributed by atoms with van der Waals surface area (Å²) in [6.45, 7) is 6.97. The van der Waals surface area contributed by atoms with E-state index < -0.39 is 0 Å². The molecule has 1 heterocycles. The van der Waals surface area contributed by atoms with Crippen LogP contribution < -0.4 is 9.64 Å². The maximum atomic E-state index is 12.9. The van der Waals surface area contributed by atoms with Crippen molar-refractivity contribution >= 4 is 22.4 Å². The van der Waals surface area contributed by atoms with Gasteiger partial charge in [-0.05, 0) is 47.0 Å². The van der Waals surface area contributed by atoms with E-state index in [1.54, 1.807) is 6.08 Å². The van der Waals surface area contributed by atoms with Crippen molar-refractivity contribution in [2.24, 2.45) is 0 Å². The molecule has 1 atom stereocenters. The smallest absolute Gasteiger partial charge is 0.228 e. The molecule has 27 heavy (non-hydrogen) atoms. The summed E-state index contributed by atoms with van der Waals surface area (Å²) < 4.78 is 5.57. The van der Waals surface area contributed by atoms with Crippen LogP contribution in [0.4, 0.5) is 5.69 Å². The van der Waals surface area contributed by atoms with Crippen molar-refractivity contribution in [1.82, 2.24) is 0 Å². The average Bonchev–Trinajstić information content (AvgIpc) is 2.70. The van der Waals surface area contributed by atoms with Gasteiger partial charge in [0.1, 0.15) is 5.75 Å². The van der Waals surface area contributed by atoms with Gasteiger partial charge >= 0.3 is 0 Å². The lowest BCUT2D eigenvalue weighted by Crippen LogP contribution is -2.37. The molecule has 0 N–H and O–H groups in total. The first kappa shape index (κ1) is 17.3. The number of amides is 1. The number of fused-ring (bicyclic) bond motifs is 3. The molecule has 3 heteroatoms. The van der Waals surface area contributed by atoms with Gasteiger partial charge in [0.2, 0.25) is 5.91 Å². The molecule has 3 nitrogen and oxygen atoms in total. The molecule has 1 aliphatic heterocycles. The highest BCUT2D eigenvalue weighted by Crippen LogP contribution is 2.44. The Labute approximate surface area is 159 Å². The molecule has 0 aliphatic carbocycles. The highest BCUT2D eigenvalue weighted by molar-refractivity contribution is 6.03. The lowest BCUT2D eigenvalue weighted by Gasteiger charge is -2.35. The first-order chi connectivity index (χ1) is 13.2. The zero-order valence-corrected chi connectivity index (χ0v) is 15.5. The van der Waals surface area contributed by atoms with Crippen molar-refractivity contribution in [2.75, 3.05) is 18.1 Å². The monoisotopic (exact) mass is 357 g/mol. The molecule has 0 saturated carbocycles. The Morgan fingerprint density at radius 1 is 1.11 bits per heavy atom. The molecule has 3 aromatic carbocycles. The first-order valence-electron chi connectivity index (χ1n) is 9.38. The van der Waals surface area contributed by atoms with Crippen molar-refractivity contribution in [3.63, 3.8) is 0 Å². The fourth-order valence-corrected chi connectivity index (χ4v) is 3.98. The highest BCUT2D eigenvalue weighted by Gasteiger charge is 2.33. The van der Waals surface area contributed by atoms with Crippen LogP contribution in [0.25, 0.3) is 10.8 Å². The number of carbonyl (C=O) groups is 1. The molecule has 4 rings (SSSR count). The van der Waals surface area contributed by atoms with Gasteiger partial charge in [-0.2, -0.15) is 0 Å². The van der Waals surface area contributed by atoms with E-state index in [9.17, 15) is 4.79 Å². The molecule has 1 aliphatic rings. The maximum absolute atomic E-state index is 12.9. The van der Waals surface area contributed by atoms with E-state index in [4.69, 9.17) is 4.74 Å². The van der Waals surface area contributed by atoms with E-state index >= 15 is 0 Å². The fourth-order valence-electron chi connectivity index (χ4n) is 3.98. The third-order valence-electron chi connectivity index (χ3n) is 5.17. The van der Waals surface area contributed by atoms with Crippen LogP contribution in [0.1, 0.15) is 30.4 Å². The zero-order valence-electron chi connectivity index (χ0n) is 15.5. The summed E-state index contributed by atoms with van der Waals surface area (Å²) in [6, 6.07) is 20.7. The Bertz CT molecular complexity index is 991. The molecule has 0 spiro atoms. The maximum Gasteiger partial charge on any atom is 0.228 e. The SMILES string of the molecule is C=CCN1C(=O)CC(c2ccc(OCC)cc2)c2c1ccc1ccccc21. The highest BCUT2D eigenvalue weighted by atomic mass is 16.5. The fraction of sp³-hybridized carbons (Fsp3) is 0.208. The summed E-state index contributed by atoms with van der Waals surface area (Å²) in [5, 5.41) is 2.40. The zero-order chi connectivity index (χ0) is 18.8. The Hall–Kier alpha value is -3.07. The van der Waals surface area contributed by atoms with Gasteiger partial charge in [0.05, 0.1) is 6.61 Å². The molecule has 0 fully saturated rings. The first-order valence-corrected chi connectivity index (χ1v) is 9.38. The van der Waals surface area contributed by atoms with Gasteiger partial charge in [-0.1, -0.05) is 48.5 Å². The van der Waals surface area contributed by atoms with Gasteiger partial charge in [-0.15, -0.1) is 6.58 Å². The number of rotatable bonds is 5. The molecule has 136 valence electrons. The minimum absolute atomic E-state index is 0.0374. The van der Waals surface area contributed by atoms with Crippen molar-refractivity contribution in [3.8, 4) is 5.75 Å². The van der Waals surface area contributed by atoms with E-state index in [0.717, 1.165) is 17.0 Å². The van der Waals surface area contributed by atoms with Crippen LogP contribution in [0.15, 0.2) is 73.3 Å². The van der Waals surface area contributed by atoms with Crippen LogP contribution in [0.2, 0.25) is 0 Å². The summed E-state index contributed by atoms with van der Waals surface area (Å²) in [4.78, 5) is 14.7. The summed E-state index contributed by atoms with van der Waals surface area (Å²) in [5.41, 5.74) is 3.35. The summed E-state index contributed by atoms with van der Waals surface area (Å²) >= 11 is 0. The van der Waals surface area contributed by atoms with Crippen LogP contribution in [-0.4, -0.2) is 19.1 Å². The number of nitrogens with zero attached hydrogens (tertiary/aromatic N) is 1. The minimum Gasteiger partial charge on any atom is -0.494 e. The standard InChI is InChI=1S/C24H23NO2/c1-3-15-25-22-14-11-17-7-5-6-8-20(17)24(22)21(16-23(25)26)18-9-12-19(13-10-18)27-4-2/h3,5-14,21H,1,4,15-16H2,2H3. The van der Waals surface area contributed by atoms with Gasteiger partial charge in [-0.3, -0.25) is 4.79 Å². The molecule has 0 aromatic heterocycles. The van der Waals surface area contributed by atoms with Gasteiger partial charge in [0, 0.05) is 24.6 Å². The average molecular weight is 357 g/mol. The normalized spacial score (nSPS) is 16.3. The molecular formula is C24H23NO2. The van der Waals surface area contributed by atoms with Gasteiger partial charge in [-0.25, -0.2) is 0 Å². The van der Waals surface area contributed by atoms with E-state index in [2.05, 4.69) is 55.1 Å². The molecule has 0 bridgehead atoms. The molecule has 1 unspecified atom stereocenters. The number of carbonyl (C=O) groups excluding carboxylic acids is 1. The minimum atomic E-state index is 0.0374. The number of anilines is 1. The van der Waals surface area contributed by atoms with Crippen LogP contribution in [0.3, 0.4) is 0 Å². The lowest BCUT2D eigenvalue weighted by atomic mass is 9.81. The van der Waals surface area contributed by atoms with Gasteiger partial charge in [0.15, 0.2) is 0 Å². The van der Waals surface area contributed by atoms with Crippen molar-refractivity contribution < 1.29 is 9.53 Å². The number of ether oxygens (including phenoxy) is 1. The predicted molar refractivity (Wildman–Crippen MR) is 111 cm³/mol. The molecule has 0 saturated heterocycles. The summed E-state index contributed by atoms with van der Waals surface area (Å²) in [6.07, 6.45) is 2.25. The number of hydrogen-bond acceptors (Lipinski definition) is 2. The molecular weight excluding hydrogens is 334 g/mol. The van der Waals surface area contributed by atoms with E-state index in [-0.39, 0.29) is 11.8 Å². The quantitative estimate of drug-likeness (QED) is 0.581. The topological polar surface area (TPSA) is 29.5 Å². The van der Waals surface area contributed by atoms with Crippen LogP contribution in [0.5, 0.6) is 5.75 Å². The van der Waals surface area contributed by atoms with Gasteiger partial charge < -0.3 is 9.64 Å². The second-order valence-electron chi connectivity index (χ2n) is 6.77. The largest absolute Gasteiger partial charge is 0.494 e. The van der Waals surface area contributed by atoms with Crippen molar-refractivity contribution in [2.45, 2.75) is 19.3 Å². The van der Waals surface area contributed by atoms with Crippen LogP contribution >= 0.6 is 0 Å². The third-order valence-corrected chi connectivity index (χ3v) is 5.17. The van der Waals surface area contributed by atoms with E-state index in [1.807, 2.05) is 24.0 Å². The Kier molecular flexibility index (Phi) is 4.68. The second-order valence-corrected chi connectivity index (χ2v) is 6.77. The second kappa shape index (κ2) is 7.28. The summed E-state index contributed by atoms with van der Waals surface area (Å²) in [7, 11) is 0. The Balaban J connectivity index is 1.88. The van der Waals surface area contributed by atoms with E-state index in [0.29, 0.717) is 19.6 Å². The number of benzene rings is 3. The van der Waals surface area contributed by atoms with Gasteiger partial charge in [0.25, 0.3) is 0 Å². The van der Waals surface area contributed by atoms with Crippen LogP contribution in [0, 0.1) is 0 Å². The van der Waals surface area contributed by atoms with Crippen molar-refractivity contribution in [3.05, 3.63) is 84.4 Å². The third kappa shape index (κ3) is 3.10. The lowest BCUT2D eigenvalue weighted by molar-refractivity contribution is -0.119. The number of hydrogen-bond donors (Lipinski definition) is 0. The Morgan fingerprint density at radius 3 is 2.63 bits per heavy atom.